The molecule has 0 aromatic carbocycles. The minimum atomic E-state index is -4.95. The van der Waals surface area contributed by atoms with Gasteiger partial charge in [0.25, 0.3) is 11.7 Å². The number of hydrogen-bond donors (Lipinski definition) is 2. The van der Waals surface area contributed by atoms with Crippen molar-refractivity contribution in [2.75, 3.05) is 13.1 Å². The lowest BCUT2D eigenvalue weighted by atomic mass is 9.93. The quantitative estimate of drug-likeness (QED) is 0.833. The van der Waals surface area contributed by atoms with Gasteiger partial charge in [0, 0.05) is 36.4 Å². The lowest BCUT2D eigenvalue weighted by molar-refractivity contribution is -0.0885. The minimum absolute atomic E-state index is 0.00632. The van der Waals surface area contributed by atoms with Crippen LogP contribution in [0.3, 0.4) is 0 Å². The van der Waals surface area contributed by atoms with E-state index in [-0.39, 0.29) is 17.3 Å². The number of alkyl halides is 3. The molecule has 1 aromatic heterocycles. The lowest BCUT2D eigenvalue weighted by Gasteiger charge is -2.49. The number of aromatic amines is 1. The molecular formula is C15H20F3N3O2. The number of nitrogens with one attached hydrogen (secondary N) is 2. The van der Waals surface area contributed by atoms with Gasteiger partial charge in [-0.3, -0.25) is 14.5 Å². The van der Waals surface area contributed by atoms with Crippen molar-refractivity contribution in [3.63, 3.8) is 0 Å². The van der Waals surface area contributed by atoms with Gasteiger partial charge in [-0.2, -0.15) is 13.2 Å². The summed E-state index contributed by atoms with van der Waals surface area (Å²) in [7, 11) is 0. The van der Waals surface area contributed by atoms with Crippen molar-refractivity contribution in [2.45, 2.75) is 44.9 Å². The highest BCUT2D eigenvalue weighted by molar-refractivity contribution is 6.02. The number of likely N-dealkylation sites (tertiary alicyclic amines) is 1. The number of aromatic nitrogens is 1. The molecule has 5 nitrogen and oxygen atoms in total. The van der Waals surface area contributed by atoms with Crippen molar-refractivity contribution in [3.8, 4) is 0 Å². The molecular weight excluding hydrogens is 311 g/mol. The summed E-state index contributed by atoms with van der Waals surface area (Å²) in [6.45, 7) is 7.62. The summed E-state index contributed by atoms with van der Waals surface area (Å²) < 4.78 is 37.0. The predicted molar refractivity (Wildman–Crippen MR) is 78.4 cm³/mol. The summed E-state index contributed by atoms with van der Waals surface area (Å²) in [6.07, 6.45) is -3.09. The Hall–Kier alpha value is -1.83. The van der Waals surface area contributed by atoms with E-state index in [2.05, 4.69) is 36.0 Å². The van der Waals surface area contributed by atoms with Crippen LogP contribution in [0.25, 0.3) is 0 Å². The van der Waals surface area contributed by atoms with E-state index in [0.29, 0.717) is 6.54 Å². The van der Waals surface area contributed by atoms with Crippen molar-refractivity contribution < 1.29 is 22.8 Å². The van der Waals surface area contributed by atoms with Crippen LogP contribution >= 0.6 is 0 Å². The molecule has 1 aliphatic heterocycles. The fourth-order valence-electron chi connectivity index (χ4n) is 2.66. The molecule has 2 heterocycles. The van der Waals surface area contributed by atoms with E-state index < -0.39 is 23.4 Å². The van der Waals surface area contributed by atoms with E-state index in [0.717, 1.165) is 25.2 Å². The maximum atomic E-state index is 12.3. The van der Waals surface area contributed by atoms with Gasteiger partial charge < -0.3 is 10.3 Å². The van der Waals surface area contributed by atoms with Gasteiger partial charge in [-0.25, -0.2) is 0 Å². The topological polar surface area (TPSA) is 65.2 Å². The van der Waals surface area contributed by atoms with Crippen LogP contribution in [0.4, 0.5) is 13.2 Å². The highest BCUT2D eigenvalue weighted by Crippen LogP contribution is 2.27. The predicted octanol–water partition coefficient (Wildman–Crippen LogP) is 2.36. The molecule has 2 N–H and O–H groups in total. The molecule has 1 amide bonds. The van der Waals surface area contributed by atoms with E-state index in [1.54, 1.807) is 0 Å². The Balaban J connectivity index is 1.93. The molecule has 0 radical (unpaired) electrons. The molecule has 0 bridgehead atoms. The third-order valence-electron chi connectivity index (χ3n) is 3.95. The fraction of sp³-hybridized carbons (Fsp3) is 0.600. The first kappa shape index (κ1) is 17.5. The summed E-state index contributed by atoms with van der Waals surface area (Å²) in [6, 6.07) is 1.14. The van der Waals surface area contributed by atoms with E-state index in [1.807, 2.05) is 0 Å². The summed E-state index contributed by atoms with van der Waals surface area (Å²) in [5.41, 5.74) is -0.617. The van der Waals surface area contributed by atoms with Crippen molar-refractivity contribution >= 4 is 11.7 Å². The fourth-order valence-corrected chi connectivity index (χ4v) is 2.66. The van der Waals surface area contributed by atoms with Crippen molar-refractivity contribution in [3.05, 3.63) is 23.5 Å². The van der Waals surface area contributed by atoms with E-state index in [9.17, 15) is 22.8 Å². The molecule has 0 saturated carbocycles. The van der Waals surface area contributed by atoms with Gasteiger partial charge in [-0.05, 0) is 33.3 Å². The van der Waals surface area contributed by atoms with Gasteiger partial charge in [0.15, 0.2) is 0 Å². The number of rotatable bonds is 4. The Kier molecular flexibility index (Phi) is 4.57. The first-order chi connectivity index (χ1) is 10.5. The molecule has 1 fully saturated rings. The number of ketones is 1. The van der Waals surface area contributed by atoms with Crippen LogP contribution in [0.15, 0.2) is 12.3 Å². The summed E-state index contributed by atoms with van der Waals surface area (Å²) in [5, 5.41) is 2.69. The van der Waals surface area contributed by atoms with E-state index in [4.69, 9.17) is 0 Å². The zero-order valence-electron chi connectivity index (χ0n) is 13.3. The first-order valence-corrected chi connectivity index (χ1v) is 7.35. The van der Waals surface area contributed by atoms with Gasteiger partial charge in [-0.1, -0.05) is 0 Å². The lowest BCUT2D eigenvalue weighted by Crippen LogP contribution is -2.60. The molecule has 8 heteroatoms. The molecule has 1 atom stereocenters. The van der Waals surface area contributed by atoms with Crippen LogP contribution in [-0.4, -0.2) is 52.4 Å². The van der Waals surface area contributed by atoms with Crippen LogP contribution in [0.1, 0.15) is 48.0 Å². The second-order valence-corrected chi connectivity index (χ2v) is 6.65. The van der Waals surface area contributed by atoms with Gasteiger partial charge in [0.1, 0.15) is 5.69 Å². The molecule has 2 rings (SSSR count). The zero-order valence-corrected chi connectivity index (χ0v) is 13.3. The Morgan fingerprint density at radius 2 is 2.00 bits per heavy atom. The summed E-state index contributed by atoms with van der Waals surface area (Å²) in [5.74, 6) is -2.49. The average molecular weight is 331 g/mol. The van der Waals surface area contributed by atoms with Gasteiger partial charge in [0.2, 0.25) is 0 Å². The SMILES string of the molecule is CC(C)(C)N1CCC1CNC(=O)c1cc(C(=O)C(F)(F)F)c[nH]1. The highest BCUT2D eigenvalue weighted by atomic mass is 19.4. The molecule has 23 heavy (non-hydrogen) atoms. The van der Waals surface area contributed by atoms with Crippen LogP contribution in [0.2, 0.25) is 0 Å². The normalized spacial score (nSPS) is 19.3. The summed E-state index contributed by atoms with van der Waals surface area (Å²) >= 11 is 0. The smallest absolute Gasteiger partial charge is 0.356 e. The van der Waals surface area contributed by atoms with Crippen molar-refractivity contribution in [1.29, 1.82) is 0 Å². The average Bonchev–Trinajstić information content (AvgIpc) is 2.82. The van der Waals surface area contributed by atoms with Crippen LogP contribution in [-0.2, 0) is 0 Å². The number of hydrogen-bond acceptors (Lipinski definition) is 3. The molecule has 128 valence electrons. The second kappa shape index (κ2) is 5.99. The molecule has 1 saturated heterocycles. The highest BCUT2D eigenvalue weighted by Gasteiger charge is 2.40. The van der Waals surface area contributed by atoms with E-state index in [1.165, 1.54) is 0 Å². The van der Waals surface area contributed by atoms with Gasteiger partial charge >= 0.3 is 6.18 Å². The first-order valence-electron chi connectivity index (χ1n) is 7.35. The van der Waals surface area contributed by atoms with E-state index >= 15 is 0 Å². The van der Waals surface area contributed by atoms with Crippen LogP contribution in [0.5, 0.6) is 0 Å². The monoisotopic (exact) mass is 331 g/mol. The Labute approximate surface area is 132 Å². The largest absolute Gasteiger partial charge is 0.454 e. The van der Waals surface area contributed by atoms with Crippen LogP contribution < -0.4 is 5.32 Å². The molecule has 0 spiro atoms. The van der Waals surface area contributed by atoms with Crippen molar-refractivity contribution in [1.82, 2.24) is 15.2 Å². The minimum Gasteiger partial charge on any atom is -0.356 e. The number of carbonyl (C=O) groups is 2. The number of Topliss-reactive ketones (excluding diaryl/α,β-unsaturated/α-hetero) is 1. The Morgan fingerprint density at radius 3 is 2.48 bits per heavy atom. The molecule has 1 aromatic rings. The number of H-pyrrole nitrogens is 1. The zero-order chi connectivity index (χ0) is 17.4. The van der Waals surface area contributed by atoms with Crippen LogP contribution in [0, 0.1) is 0 Å². The standard InChI is InChI=1S/C15H20F3N3O2/c1-14(2,3)21-5-4-10(21)8-20-13(23)11-6-9(7-19-11)12(22)15(16,17)18/h6-7,10,19H,4-5,8H2,1-3H3,(H,20,23). The second-order valence-electron chi connectivity index (χ2n) is 6.65. The number of carbonyl (C=O) groups excluding carboxylic acids is 2. The molecule has 1 aliphatic rings. The number of halogens is 3. The maximum Gasteiger partial charge on any atom is 0.454 e. The third-order valence-corrected chi connectivity index (χ3v) is 3.95. The Morgan fingerprint density at radius 1 is 1.35 bits per heavy atom. The third kappa shape index (κ3) is 3.93. The molecule has 1 unspecified atom stereocenters. The number of amides is 1. The molecule has 0 aliphatic carbocycles. The number of nitrogens with zero attached hydrogens (tertiary/aromatic N) is 1. The summed E-state index contributed by atoms with van der Waals surface area (Å²) in [4.78, 5) is 27.7. The Bertz CT molecular complexity index is 602. The van der Waals surface area contributed by atoms with Gasteiger partial charge in [0.05, 0.1) is 0 Å². The van der Waals surface area contributed by atoms with Crippen molar-refractivity contribution in [2.24, 2.45) is 0 Å². The maximum absolute atomic E-state index is 12.3. The van der Waals surface area contributed by atoms with Gasteiger partial charge in [-0.15, -0.1) is 0 Å².